The van der Waals surface area contributed by atoms with Gasteiger partial charge in [-0.15, -0.1) is 0 Å². The predicted molar refractivity (Wildman–Crippen MR) is 61.9 cm³/mol. The molecule has 2 N–H and O–H groups in total. The van der Waals surface area contributed by atoms with Crippen molar-refractivity contribution in [2.24, 2.45) is 0 Å². The van der Waals surface area contributed by atoms with Crippen LogP contribution in [0.15, 0.2) is 11.8 Å². The number of urea groups is 1. The predicted octanol–water partition coefficient (Wildman–Crippen LogP) is 0.357. The molecule has 1 atom stereocenters. The number of piperidine rings is 1. The number of imide groups is 1. The van der Waals surface area contributed by atoms with Crippen molar-refractivity contribution in [1.29, 1.82) is 0 Å². The summed E-state index contributed by atoms with van der Waals surface area (Å²) >= 11 is 0. The molecule has 0 aromatic heterocycles. The van der Waals surface area contributed by atoms with Crippen LogP contribution >= 0.6 is 0 Å². The first-order valence-corrected chi connectivity index (χ1v) is 5.48. The van der Waals surface area contributed by atoms with E-state index in [1.807, 2.05) is 0 Å². The second-order valence-electron chi connectivity index (χ2n) is 3.82. The van der Waals surface area contributed by atoms with Gasteiger partial charge in [-0.2, -0.15) is 0 Å². The van der Waals surface area contributed by atoms with E-state index in [1.165, 1.54) is 11.9 Å². The van der Waals surface area contributed by atoms with Crippen LogP contribution in [0.25, 0.3) is 0 Å². The van der Waals surface area contributed by atoms with E-state index in [9.17, 15) is 14.4 Å². The van der Waals surface area contributed by atoms with Gasteiger partial charge in [0.15, 0.2) is 0 Å². The average molecular weight is 239 g/mol. The minimum Gasteiger partial charge on any atom is -0.341 e. The first-order valence-electron chi connectivity index (χ1n) is 5.48. The van der Waals surface area contributed by atoms with E-state index in [4.69, 9.17) is 0 Å². The second kappa shape index (κ2) is 5.47. The van der Waals surface area contributed by atoms with Crippen LogP contribution in [0.5, 0.6) is 0 Å². The number of amides is 4. The van der Waals surface area contributed by atoms with Crippen molar-refractivity contribution in [2.75, 3.05) is 7.05 Å². The maximum Gasteiger partial charge on any atom is 0.322 e. The highest BCUT2D eigenvalue weighted by molar-refractivity contribution is 6.01. The number of nitrogens with zero attached hydrogens (tertiary/aromatic N) is 1. The van der Waals surface area contributed by atoms with Crippen molar-refractivity contribution in [3.63, 3.8) is 0 Å². The van der Waals surface area contributed by atoms with Gasteiger partial charge in [0.1, 0.15) is 6.04 Å². The van der Waals surface area contributed by atoms with Crippen molar-refractivity contribution in [3.05, 3.63) is 11.8 Å². The minimum atomic E-state index is -0.621. The molecule has 1 unspecified atom stereocenters. The van der Waals surface area contributed by atoms with Gasteiger partial charge in [0, 0.05) is 19.2 Å². The number of nitrogens with one attached hydrogen (secondary N) is 2. The highest BCUT2D eigenvalue weighted by Gasteiger charge is 2.34. The first-order chi connectivity index (χ1) is 8.01. The van der Waals surface area contributed by atoms with E-state index < -0.39 is 11.9 Å². The van der Waals surface area contributed by atoms with Crippen molar-refractivity contribution in [2.45, 2.75) is 32.7 Å². The summed E-state index contributed by atoms with van der Waals surface area (Å²) < 4.78 is 0. The van der Waals surface area contributed by atoms with Gasteiger partial charge >= 0.3 is 6.03 Å². The van der Waals surface area contributed by atoms with Crippen LogP contribution in [0, 0.1) is 0 Å². The van der Waals surface area contributed by atoms with Gasteiger partial charge in [0.2, 0.25) is 11.8 Å². The molecular weight excluding hydrogens is 222 g/mol. The number of rotatable bonds is 2. The molecule has 0 radical (unpaired) electrons. The van der Waals surface area contributed by atoms with E-state index in [0.717, 1.165) is 0 Å². The summed E-state index contributed by atoms with van der Waals surface area (Å²) in [6.45, 7) is 3.54. The van der Waals surface area contributed by atoms with E-state index in [2.05, 4.69) is 10.6 Å². The van der Waals surface area contributed by atoms with Crippen LogP contribution < -0.4 is 10.6 Å². The van der Waals surface area contributed by atoms with Crippen LogP contribution in [0.1, 0.15) is 26.7 Å². The Morgan fingerprint density at radius 2 is 2.18 bits per heavy atom. The molecule has 1 aliphatic rings. The van der Waals surface area contributed by atoms with Crippen LogP contribution in [0.4, 0.5) is 4.79 Å². The molecule has 6 nitrogen and oxygen atoms in total. The van der Waals surface area contributed by atoms with Gasteiger partial charge in [-0.05, 0) is 20.3 Å². The molecule has 17 heavy (non-hydrogen) atoms. The van der Waals surface area contributed by atoms with Crippen molar-refractivity contribution >= 4 is 17.8 Å². The third-order valence-corrected chi connectivity index (χ3v) is 2.75. The van der Waals surface area contributed by atoms with Gasteiger partial charge in [0.25, 0.3) is 0 Å². The number of carbonyl (C=O) groups excluding carboxylic acids is 3. The summed E-state index contributed by atoms with van der Waals surface area (Å²) in [5.41, 5.74) is 0.679. The van der Waals surface area contributed by atoms with E-state index in [0.29, 0.717) is 12.1 Å². The Morgan fingerprint density at radius 1 is 1.53 bits per heavy atom. The Kier molecular flexibility index (Phi) is 4.25. The van der Waals surface area contributed by atoms with Crippen LogP contribution in [-0.4, -0.2) is 35.8 Å². The van der Waals surface area contributed by atoms with E-state index in [1.54, 1.807) is 19.9 Å². The zero-order valence-corrected chi connectivity index (χ0v) is 10.2. The average Bonchev–Trinajstić information content (AvgIpc) is 2.31. The Morgan fingerprint density at radius 3 is 2.65 bits per heavy atom. The summed E-state index contributed by atoms with van der Waals surface area (Å²) in [4.78, 5) is 35.9. The maximum atomic E-state index is 11.7. The van der Waals surface area contributed by atoms with Gasteiger partial charge in [0.05, 0.1) is 0 Å². The lowest BCUT2D eigenvalue weighted by molar-refractivity contribution is -0.136. The van der Waals surface area contributed by atoms with Gasteiger partial charge in [-0.1, -0.05) is 6.08 Å². The summed E-state index contributed by atoms with van der Waals surface area (Å²) in [6.07, 6.45) is 2.35. The van der Waals surface area contributed by atoms with Crippen LogP contribution in [0.2, 0.25) is 0 Å². The first kappa shape index (κ1) is 13.2. The summed E-state index contributed by atoms with van der Waals surface area (Å²) in [5.74, 6) is -0.715. The molecule has 0 spiro atoms. The fourth-order valence-electron chi connectivity index (χ4n) is 1.74. The van der Waals surface area contributed by atoms with Crippen molar-refractivity contribution in [1.82, 2.24) is 15.5 Å². The lowest BCUT2D eigenvalue weighted by Gasteiger charge is -2.32. The molecule has 0 aliphatic carbocycles. The molecule has 94 valence electrons. The highest BCUT2D eigenvalue weighted by atomic mass is 16.2. The lowest BCUT2D eigenvalue weighted by Crippen LogP contribution is -2.55. The Balaban J connectivity index is 2.94. The van der Waals surface area contributed by atoms with Crippen LogP contribution in [0.3, 0.4) is 0 Å². The van der Waals surface area contributed by atoms with Gasteiger partial charge < -0.3 is 5.32 Å². The molecular formula is C11H17N3O3. The third-order valence-electron chi connectivity index (χ3n) is 2.75. The van der Waals surface area contributed by atoms with Crippen molar-refractivity contribution < 1.29 is 14.4 Å². The highest BCUT2D eigenvalue weighted by Crippen LogP contribution is 2.17. The van der Waals surface area contributed by atoms with Crippen LogP contribution in [-0.2, 0) is 9.59 Å². The molecule has 0 aromatic carbocycles. The topological polar surface area (TPSA) is 78.5 Å². The number of hydrogen-bond acceptors (Lipinski definition) is 3. The normalized spacial score (nSPS) is 20.9. The lowest BCUT2D eigenvalue weighted by atomic mass is 10.0. The molecule has 0 saturated carbocycles. The van der Waals surface area contributed by atoms with Gasteiger partial charge in [-0.3, -0.25) is 19.8 Å². The standard InChI is InChI=1S/C11H17N3O3/c1-4-7(2)14(11(17)12-3)8-5-6-9(15)13-10(8)16/h4,8H,5-6H2,1-3H3,(H,12,17)(H,13,15,16)/b7-4-. The zero-order valence-electron chi connectivity index (χ0n) is 10.2. The SMILES string of the molecule is C/C=C(/C)N(C(=O)NC)C1CCC(=O)NC1=O. The molecule has 1 saturated heterocycles. The van der Waals surface area contributed by atoms with E-state index >= 15 is 0 Å². The second-order valence-corrected chi connectivity index (χ2v) is 3.82. The Bertz CT molecular complexity index is 376. The summed E-state index contributed by atoms with van der Waals surface area (Å²) in [7, 11) is 1.50. The monoisotopic (exact) mass is 239 g/mol. The fraction of sp³-hybridized carbons (Fsp3) is 0.545. The molecule has 1 heterocycles. The molecule has 4 amide bonds. The Hall–Kier alpha value is -1.85. The third kappa shape index (κ3) is 2.83. The van der Waals surface area contributed by atoms with Gasteiger partial charge in [-0.25, -0.2) is 4.79 Å². The number of allylic oxidation sites excluding steroid dienone is 2. The smallest absolute Gasteiger partial charge is 0.322 e. The minimum absolute atomic E-state index is 0.251. The summed E-state index contributed by atoms with van der Waals surface area (Å²) in [5, 5.41) is 4.73. The maximum absolute atomic E-state index is 11.7. The molecule has 1 fully saturated rings. The fourth-order valence-corrected chi connectivity index (χ4v) is 1.74. The van der Waals surface area contributed by atoms with Crippen molar-refractivity contribution in [3.8, 4) is 0 Å². The quantitative estimate of drug-likeness (QED) is 0.683. The number of carbonyl (C=O) groups is 3. The molecule has 0 aromatic rings. The summed E-state index contributed by atoms with van der Waals surface area (Å²) in [6, 6.07) is -0.973. The molecule has 1 aliphatic heterocycles. The van der Waals surface area contributed by atoms with E-state index in [-0.39, 0.29) is 18.4 Å². The largest absolute Gasteiger partial charge is 0.341 e. The Labute approximate surface area is 100 Å². The number of hydrogen-bond donors (Lipinski definition) is 2. The zero-order chi connectivity index (χ0) is 13.0. The molecule has 0 bridgehead atoms. The molecule has 6 heteroatoms. The molecule has 1 rings (SSSR count).